The molecule has 0 saturated carbocycles. The molecule has 0 aliphatic rings. The van der Waals surface area contributed by atoms with Crippen molar-refractivity contribution in [2.45, 2.75) is 39.8 Å². The van der Waals surface area contributed by atoms with Gasteiger partial charge in [0, 0.05) is 23.9 Å². The van der Waals surface area contributed by atoms with Crippen molar-refractivity contribution in [3.8, 4) is 5.75 Å². The van der Waals surface area contributed by atoms with Crippen molar-refractivity contribution in [3.05, 3.63) is 47.3 Å². The lowest BCUT2D eigenvalue weighted by Gasteiger charge is -2.20. The molecule has 2 aromatic rings. The molecule has 0 aliphatic heterocycles. The molecule has 1 unspecified atom stereocenters. The van der Waals surface area contributed by atoms with Crippen LogP contribution in [0.1, 0.15) is 43.0 Å². The highest BCUT2D eigenvalue weighted by atomic mass is 16.5. The Morgan fingerprint density at radius 2 is 2.14 bits per heavy atom. The number of methoxy groups -OCH3 is 1. The average Bonchev–Trinajstić information content (AvgIpc) is 2.94. The van der Waals surface area contributed by atoms with Gasteiger partial charge in [-0.1, -0.05) is 26.0 Å². The zero-order chi connectivity index (χ0) is 15.2. The van der Waals surface area contributed by atoms with Crippen molar-refractivity contribution < 1.29 is 4.74 Å². The normalized spacial score (nSPS) is 12.4. The van der Waals surface area contributed by atoms with Crippen molar-refractivity contribution >= 4 is 0 Å². The zero-order valence-electron chi connectivity index (χ0n) is 13.4. The number of hydrogen-bond acceptors (Lipinski definition) is 3. The quantitative estimate of drug-likeness (QED) is 0.849. The van der Waals surface area contributed by atoms with Crippen LogP contribution in [0.15, 0.2) is 30.6 Å². The predicted octanol–water partition coefficient (Wildman–Crippen LogP) is 3.31. The number of aromatic nitrogens is 2. The molecule has 0 amide bonds. The summed E-state index contributed by atoms with van der Waals surface area (Å²) >= 11 is 0. The third kappa shape index (κ3) is 3.64. The van der Waals surface area contributed by atoms with Crippen molar-refractivity contribution in [2.75, 3.05) is 13.7 Å². The number of nitrogens with one attached hydrogen (secondary N) is 1. The van der Waals surface area contributed by atoms with Crippen LogP contribution in [0.25, 0.3) is 0 Å². The SMILES string of the molecule is CCCn1cc(C(NCC)c2ccc(C)cc2OC)cn1. The Kier molecular flexibility index (Phi) is 5.39. The number of rotatable bonds is 7. The first-order valence-electron chi connectivity index (χ1n) is 7.59. The maximum atomic E-state index is 5.56. The Morgan fingerprint density at radius 1 is 1.33 bits per heavy atom. The lowest BCUT2D eigenvalue weighted by molar-refractivity contribution is 0.404. The van der Waals surface area contributed by atoms with Crippen LogP contribution in [0.5, 0.6) is 5.75 Å². The van der Waals surface area contributed by atoms with Gasteiger partial charge in [-0.3, -0.25) is 4.68 Å². The summed E-state index contributed by atoms with van der Waals surface area (Å²) in [6.07, 6.45) is 5.15. The van der Waals surface area contributed by atoms with Crippen LogP contribution >= 0.6 is 0 Å². The molecular weight excluding hydrogens is 262 g/mol. The minimum absolute atomic E-state index is 0.108. The summed E-state index contributed by atoms with van der Waals surface area (Å²) in [7, 11) is 1.72. The van der Waals surface area contributed by atoms with Crippen LogP contribution in [0.3, 0.4) is 0 Å². The van der Waals surface area contributed by atoms with E-state index in [0.29, 0.717) is 0 Å². The number of aryl methyl sites for hydroxylation is 2. The van der Waals surface area contributed by atoms with Crippen LogP contribution in [-0.4, -0.2) is 23.4 Å². The number of hydrogen-bond donors (Lipinski definition) is 1. The minimum Gasteiger partial charge on any atom is -0.496 e. The second-order valence-electron chi connectivity index (χ2n) is 5.27. The standard InChI is InChI=1S/C17H25N3O/c1-5-9-20-12-14(11-19-20)17(18-6-2)15-8-7-13(3)10-16(15)21-4/h7-8,10-12,17-18H,5-6,9H2,1-4H3. The maximum Gasteiger partial charge on any atom is 0.124 e. The topological polar surface area (TPSA) is 39.1 Å². The Bertz CT molecular complexity index is 577. The largest absolute Gasteiger partial charge is 0.496 e. The molecule has 4 heteroatoms. The fourth-order valence-corrected chi connectivity index (χ4v) is 2.55. The summed E-state index contributed by atoms with van der Waals surface area (Å²) in [4.78, 5) is 0. The highest BCUT2D eigenvalue weighted by molar-refractivity contribution is 5.43. The van der Waals surface area contributed by atoms with E-state index in [1.165, 1.54) is 11.1 Å². The van der Waals surface area contributed by atoms with Gasteiger partial charge < -0.3 is 10.1 Å². The van der Waals surface area contributed by atoms with Crippen LogP contribution in [0.4, 0.5) is 0 Å². The molecule has 1 N–H and O–H groups in total. The Morgan fingerprint density at radius 3 is 2.81 bits per heavy atom. The van der Waals surface area contributed by atoms with Gasteiger partial charge in [-0.05, 0) is 31.5 Å². The van der Waals surface area contributed by atoms with E-state index in [1.54, 1.807) is 7.11 Å². The lowest BCUT2D eigenvalue weighted by Crippen LogP contribution is -2.22. The monoisotopic (exact) mass is 287 g/mol. The minimum atomic E-state index is 0.108. The van der Waals surface area contributed by atoms with Gasteiger partial charge >= 0.3 is 0 Å². The smallest absolute Gasteiger partial charge is 0.124 e. The van der Waals surface area contributed by atoms with Gasteiger partial charge in [-0.15, -0.1) is 0 Å². The van der Waals surface area contributed by atoms with E-state index in [2.05, 4.69) is 55.6 Å². The Balaban J connectivity index is 2.37. The number of ether oxygens (including phenoxy) is 1. The second kappa shape index (κ2) is 7.27. The van der Waals surface area contributed by atoms with E-state index in [-0.39, 0.29) is 6.04 Å². The molecule has 21 heavy (non-hydrogen) atoms. The Labute approximate surface area is 127 Å². The van der Waals surface area contributed by atoms with Gasteiger partial charge in [-0.2, -0.15) is 5.10 Å². The third-order valence-corrected chi connectivity index (χ3v) is 3.55. The van der Waals surface area contributed by atoms with E-state index in [9.17, 15) is 0 Å². The fraction of sp³-hybridized carbons (Fsp3) is 0.471. The van der Waals surface area contributed by atoms with Crippen molar-refractivity contribution in [1.82, 2.24) is 15.1 Å². The van der Waals surface area contributed by atoms with Crippen LogP contribution in [-0.2, 0) is 6.54 Å². The van der Waals surface area contributed by atoms with Crippen LogP contribution in [0, 0.1) is 6.92 Å². The molecule has 0 fully saturated rings. The molecule has 0 radical (unpaired) electrons. The molecule has 1 aromatic carbocycles. The first-order chi connectivity index (χ1) is 10.2. The Hall–Kier alpha value is -1.81. The molecule has 0 aliphatic carbocycles. The molecule has 114 valence electrons. The van der Waals surface area contributed by atoms with Crippen molar-refractivity contribution in [1.29, 1.82) is 0 Å². The maximum absolute atomic E-state index is 5.56. The zero-order valence-corrected chi connectivity index (χ0v) is 13.4. The highest BCUT2D eigenvalue weighted by Gasteiger charge is 2.19. The lowest BCUT2D eigenvalue weighted by atomic mass is 9.99. The molecule has 1 heterocycles. The van der Waals surface area contributed by atoms with Gasteiger partial charge in [0.15, 0.2) is 0 Å². The van der Waals surface area contributed by atoms with E-state index >= 15 is 0 Å². The van der Waals surface area contributed by atoms with Gasteiger partial charge in [-0.25, -0.2) is 0 Å². The molecular formula is C17H25N3O. The van der Waals surface area contributed by atoms with Gasteiger partial charge in [0.1, 0.15) is 5.75 Å². The summed E-state index contributed by atoms with van der Waals surface area (Å²) in [5.74, 6) is 0.921. The van der Waals surface area contributed by atoms with Crippen molar-refractivity contribution in [2.24, 2.45) is 0 Å². The summed E-state index contributed by atoms with van der Waals surface area (Å²) in [5, 5.41) is 7.97. The van der Waals surface area contributed by atoms with E-state index in [4.69, 9.17) is 4.74 Å². The van der Waals surface area contributed by atoms with Crippen LogP contribution in [0.2, 0.25) is 0 Å². The summed E-state index contributed by atoms with van der Waals surface area (Å²) < 4.78 is 7.56. The predicted molar refractivity (Wildman–Crippen MR) is 85.8 cm³/mol. The summed E-state index contributed by atoms with van der Waals surface area (Å²) in [6, 6.07) is 6.45. The average molecular weight is 287 g/mol. The summed E-state index contributed by atoms with van der Waals surface area (Å²) in [6.45, 7) is 8.19. The highest BCUT2D eigenvalue weighted by Crippen LogP contribution is 2.30. The molecule has 4 nitrogen and oxygen atoms in total. The first-order valence-corrected chi connectivity index (χ1v) is 7.59. The third-order valence-electron chi connectivity index (χ3n) is 3.55. The molecule has 0 spiro atoms. The summed E-state index contributed by atoms with van der Waals surface area (Å²) in [5.41, 5.74) is 3.53. The molecule has 1 atom stereocenters. The second-order valence-corrected chi connectivity index (χ2v) is 5.27. The molecule has 0 saturated heterocycles. The van der Waals surface area contributed by atoms with Gasteiger partial charge in [0.05, 0.1) is 19.3 Å². The van der Waals surface area contributed by atoms with Crippen molar-refractivity contribution in [3.63, 3.8) is 0 Å². The van der Waals surface area contributed by atoms with E-state index < -0.39 is 0 Å². The van der Waals surface area contributed by atoms with E-state index in [0.717, 1.165) is 30.8 Å². The first kappa shape index (κ1) is 15.6. The molecule has 2 rings (SSSR count). The number of nitrogens with zero attached hydrogens (tertiary/aromatic N) is 2. The van der Waals surface area contributed by atoms with Gasteiger partial charge in [0.25, 0.3) is 0 Å². The number of benzene rings is 1. The molecule has 1 aromatic heterocycles. The van der Waals surface area contributed by atoms with Gasteiger partial charge in [0.2, 0.25) is 0 Å². The van der Waals surface area contributed by atoms with E-state index in [1.807, 2.05) is 10.9 Å². The fourth-order valence-electron chi connectivity index (χ4n) is 2.55. The van der Waals surface area contributed by atoms with Crippen LogP contribution < -0.4 is 10.1 Å². The molecule has 0 bridgehead atoms.